The number of aliphatic imine (C=N–C) groups is 1. The number of nitrogens with one attached hydrogen (secondary N) is 1. The molecule has 0 radical (unpaired) electrons. The third-order valence-electron chi connectivity index (χ3n) is 5.12. The van der Waals surface area contributed by atoms with Gasteiger partial charge >= 0.3 is 0 Å². The smallest absolute Gasteiger partial charge is 0.226 e. The lowest BCUT2D eigenvalue weighted by molar-refractivity contribution is 0.259. The van der Waals surface area contributed by atoms with Crippen molar-refractivity contribution in [1.29, 1.82) is 0 Å². The van der Waals surface area contributed by atoms with Crippen molar-refractivity contribution in [2.75, 3.05) is 32.7 Å². The number of nitrogens with zero attached hydrogens (tertiary/aromatic N) is 4. The van der Waals surface area contributed by atoms with Gasteiger partial charge in [0.25, 0.3) is 0 Å². The molecule has 0 bridgehead atoms. The van der Waals surface area contributed by atoms with E-state index in [1.165, 1.54) is 6.42 Å². The molecule has 1 saturated heterocycles. The van der Waals surface area contributed by atoms with Gasteiger partial charge < -0.3 is 14.6 Å². The number of guanidine groups is 1. The largest absolute Gasteiger partial charge is 0.444 e. The monoisotopic (exact) mass is 365 g/mol. The van der Waals surface area contributed by atoms with Crippen LogP contribution in [0.25, 0.3) is 11.5 Å². The van der Waals surface area contributed by atoms with Crippen LogP contribution in [-0.2, 0) is 6.54 Å². The Morgan fingerprint density at radius 2 is 2.07 bits per heavy atom. The lowest BCUT2D eigenvalue weighted by Crippen LogP contribution is -2.42. The topological polar surface area (TPSA) is 56.9 Å². The minimum absolute atomic E-state index is 0.519. The highest BCUT2D eigenvalue weighted by atomic mass is 16.3. The average molecular weight is 365 g/mol. The van der Waals surface area contributed by atoms with E-state index in [4.69, 9.17) is 9.41 Å². The molecule has 1 aromatic carbocycles. The molecule has 6 nitrogen and oxygen atoms in total. The van der Waals surface area contributed by atoms with Gasteiger partial charge in [-0.15, -0.1) is 0 Å². The molecule has 0 aliphatic carbocycles. The lowest BCUT2D eigenvalue weighted by atomic mass is 10.2. The molecule has 142 valence electrons. The van der Waals surface area contributed by atoms with Crippen LogP contribution in [-0.4, -0.2) is 59.5 Å². The third kappa shape index (κ3) is 4.22. The third-order valence-corrected chi connectivity index (χ3v) is 5.12. The Balaban J connectivity index is 1.40. The quantitative estimate of drug-likeness (QED) is 0.502. The van der Waals surface area contributed by atoms with Crippen LogP contribution in [0.4, 0.5) is 0 Å². The van der Waals surface area contributed by atoms with Gasteiger partial charge in [-0.3, -0.25) is 4.90 Å². The second-order valence-electron chi connectivity index (χ2n) is 6.99. The molecule has 1 N–H and O–H groups in total. The first-order chi connectivity index (χ1) is 13.3. The molecule has 1 unspecified atom stereocenters. The molecule has 2 aliphatic heterocycles. The van der Waals surface area contributed by atoms with Gasteiger partial charge in [0.2, 0.25) is 5.89 Å². The zero-order valence-corrected chi connectivity index (χ0v) is 15.8. The molecule has 2 aromatic rings. The van der Waals surface area contributed by atoms with Crippen LogP contribution in [0.15, 0.2) is 58.2 Å². The Hall–Kier alpha value is -2.60. The van der Waals surface area contributed by atoms with Crippen molar-refractivity contribution in [2.45, 2.75) is 25.9 Å². The van der Waals surface area contributed by atoms with Gasteiger partial charge in [0.05, 0.1) is 6.54 Å². The van der Waals surface area contributed by atoms with E-state index in [-0.39, 0.29) is 0 Å². The number of likely N-dealkylation sites (tertiary alicyclic amines) is 1. The Bertz CT molecular complexity index is 790. The zero-order valence-electron chi connectivity index (χ0n) is 15.8. The molecular weight excluding hydrogens is 338 g/mol. The molecule has 1 atom stereocenters. The zero-order chi connectivity index (χ0) is 18.5. The molecule has 0 spiro atoms. The van der Waals surface area contributed by atoms with Gasteiger partial charge in [-0.25, -0.2) is 9.98 Å². The maximum absolute atomic E-state index is 5.63. The standard InChI is InChI=1S/C21H27N5O/c1-2-22-21(26-13-10-19(15-26)25-11-6-7-12-25)23-14-18-16-27-20(24-18)17-8-4-3-5-9-17/h3-9,16,19H,2,10-15H2,1H3,(H,22,23). The normalized spacial score (nSPS) is 20.6. The summed E-state index contributed by atoms with van der Waals surface area (Å²) in [6.07, 6.45) is 7.42. The van der Waals surface area contributed by atoms with Gasteiger partial charge in [0.15, 0.2) is 5.96 Å². The number of benzene rings is 1. The molecule has 27 heavy (non-hydrogen) atoms. The van der Waals surface area contributed by atoms with E-state index >= 15 is 0 Å². The Morgan fingerprint density at radius 3 is 2.85 bits per heavy atom. The van der Waals surface area contributed by atoms with Gasteiger partial charge in [-0.1, -0.05) is 30.4 Å². The van der Waals surface area contributed by atoms with Gasteiger partial charge in [0, 0.05) is 44.3 Å². The first-order valence-corrected chi connectivity index (χ1v) is 9.75. The van der Waals surface area contributed by atoms with Crippen LogP contribution in [0.1, 0.15) is 19.0 Å². The lowest BCUT2D eigenvalue weighted by Gasteiger charge is -2.25. The second-order valence-corrected chi connectivity index (χ2v) is 6.99. The fourth-order valence-electron chi connectivity index (χ4n) is 3.70. The number of rotatable bonds is 5. The summed E-state index contributed by atoms with van der Waals surface area (Å²) in [5.41, 5.74) is 1.84. The van der Waals surface area contributed by atoms with Gasteiger partial charge in [0.1, 0.15) is 12.0 Å². The number of aromatic nitrogens is 1. The number of oxazole rings is 1. The van der Waals surface area contributed by atoms with E-state index in [0.29, 0.717) is 18.5 Å². The van der Waals surface area contributed by atoms with Crippen molar-refractivity contribution in [3.05, 3.63) is 54.4 Å². The molecule has 0 saturated carbocycles. The Morgan fingerprint density at radius 1 is 1.26 bits per heavy atom. The van der Waals surface area contributed by atoms with Crippen molar-refractivity contribution in [2.24, 2.45) is 4.99 Å². The summed E-state index contributed by atoms with van der Waals surface area (Å²) in [5.74, 6) is 1.62. The molecule has 4 rings (SSSR count). The minimum Gasteiger partial charge on any atom is -0.444 e. The van der Waals surface area contributed by atoms with Crippen molar-refractivity contribution in [3.8, 4) is 11.5 Å². The summed E-state index contributed by atoms with van der Waals surface area (Å²) < 4.78 is 5.63. The summed E-state index contributed by atoms with van der Waals surface area (Å²) in [6, 6.07) is 10.6. The summed E-state index contributed by atoms with van der Waals surface area (Å²) in [7, 11) is 0. The van der Waals surface area contributed by atoms with E-state index in [2.05, 4.69) is 39.2 Å². The van der Waals surface area contributed by atoms with Crippen LogP contribution in [0.2, 0.25) is 0 Å². The summed E-state index contributed by atoms with van der Waals surface area (Å²) >= 11 is 0. The van der Waals surface area contributed by atoms with Gasteiger partial charge in [-0.2, -0.15) is 0 Å². The van der Waals surface area contributed by atoms with E-state index in [1.54, 1.807) is 6.26 Å². The molecular formula is C21H27N5O. The van der Waals surface area contributed by atoms with Crippen molar-refractivity contribution < 1.29 is 4.42 Å². The Labute approximate surface area is 160 Å². The number of hydrogen-bond donors (Lipinski definition) is 1. The summed E-state index contributed by atoms with van der Waals surface area (Å²) in [4.78, 5) is 14.3. The fraction of sp³-hybridized carbons (Fsp3) is 0.429. The predicted molar refractivity (Wildman–Crippen MR) is 107 cm³/mol. The first-order valence-electron chi connectivity index (χ1n) is 9.75. The second kappa shape index (κ2) is 8.39. The van der Waals surface area contributed by atoms with Crippen LogP contribution in [0.5, 0.6) is 0 Å². The summed E-state index contributed by atoms with van der Waals surface area (Å²) in [5, 5.41) is 3.43. The van der Waals surface area contributed by atoms with Crippen molar-refractivity contribution >= 4 is 5.96 Å². The highest BCUT2D eigenvalue weighted by Gasteiger charge is 2.29. The van der Waals surface area contributed by atoms with Crippen LogP contribution in [0, 0.1) is 0 Å². The van der Waals surface area contributed by atoms with Crippen molar-refractivity contribution in [3.63, 3.8) is 0 Å². The maximum atomic E-state index is 5.63. The van der Waals surface area contributed by atoms with E-state index in [0.717, 1.165) is 49.9 Å². The maximum Gasteiger partial charge on any atom is 0.226 e. The SMILES string of the molecule is CCNC(=NCc1coc(-c2ccccc2)n1)N1CCC(N2CC=CC2)C1. The molecule has 3 heterocycles. The van der Waals surface area contributed by atoms with E-state index < -0.39 is 0 Å². The highest BCUT2D eigenvalue weighted by molar-refractivity contribution is 5.80. The molecule has 6 heteroatoms. The van der Waals surface area contributed by atoms with Crippen molar-refractivity contribution in [1.82, 2.24) is 20.1 Å². The summed E-state index contributed by atoms with van der Waals surface area (Å²) in [6.45, 7) is 7.71. The predicted octanol–water partition coefficient (Wildman–Crippen LogP) is 2.75. The average Bonchev–Trinajstić information content (AvgIpc) is 3.47. The minimum atomic E-state index is 0.519. The molecule has 1 aromatic heterocycles. The van der Waals surface area contributed by atoms with Gasteiger partial charge in [-0.05, 0) is 25.5 Å². The van der Waals surface area contributed by atoms with Crippen LogP contribution in [0.3, 0.4) is 0 Å². The molecule has 0 amide bonds. The van der Waals surface area contributed by atoms with Crippen LogP contribution < -0.4 is 5.32 Å². The van der Waals surface area contributed by atoms with E-state index in [9.17, 15) is 0 Å². The highest BCUT2D eigenvalue weighted by Crippen LogP contribution is 2.20. The first kappa shape index (κ1) is 17.8. The Kier molecular flexibility index (Phi) is 5.53. The molecule has 2 aliphatic rings. The number of hydrogen-bond acceptors (Lipinski definition) is 4. The van der Waals surface area contributed by atoms with Crippen LogP contribution >= 0.6 is 0 Å². The fourth-order valence-corrected chi connectivity index (χ4v) is 3.70. The molecule has 1 fully saturated rings. The van der Waals surface area contributed by atoms with E-state index in [1.807, 2.05) is 30.3 Å².